The first-order chi connectivity index (χ1) is 18.3. The third-order valence-corrected chi connectivity index (χ3v) is 8.39. The number of aromatic nitrogens is 6. The van der Waals surface area contributed by atoms with Crippen LogP contribution in [0.1, 0.15) is 49.7 Å². The Morgan fingerprint density at radius 3 is 2.55 bits per heavy atom. The fourth-order valence-corrected chi connectivity index (χ4v) is 6.75. The fourth-order valence-electron chi connectivity index (χ4n) is 5.74. The molecule has 1 aromatic carbocycles. The van der Waals surface area contributed by atoms with Crippen molar-refractivity contribution in [3.63, 3.8) is 0 Å². The lowest BCUT2D eigenvalue weighted by Crippen LogP contribution is -2.28. The number of hydrogen-bond donors (Lipinski definition) is 1. The minimum atomic E-state index is -1.12. The van der Waals surface area contributed by atoms with Crippen molar-refractivity contribution in [1.82, 2.24) is 28.9 Å². The highest BCUT2D eigenvalue weighted by Gasteiger charge is 2.35. The number of aryl methyl sites for hydroxylation is 2. The Kier molecular flexibility index (Phi) is 6.20. The summed E-state index contributed by atoms with van der Waals surface area (Å²) in [6, 6.07) is 10.5. The number of benzene rings is 1. The van der Waals surface area contributed by atoms with Crippen LogP contribution < -0.4 is 4.74 Å². The van der Waals surface area contributed by atoms with E-state index in [0.717, 1.165) is 70.0 Å². The van der Waals surface area contributed by atoms with Gasteiger partial charge in [0.05, 0.1) is 40.3 Å². The van der Waals surface area contributed by atoms with Crippen LogP contribution in [0.5, 0.6) is 5.75 Å². The lowest BCUT2D eigenvalue weighted by molar-refractivity contribution is 0.0548. The Labute approximate surface area is 225 Å². The standard InChI is InChI=1S/C28H32N6O3S/c1-16-23(33(4)32-30-16)19-14-21-22(29-15-19)26-25(27(31-38-26)28(2,3)35)34(21)24(18-10-12-37-13-11-18)17-6-8-20(36-5)9-7-17/h6-9,14-15,18,24,35H,10-13H2,1-5H3. The van der Waals surface area contributed by atoms with Crippen LogP contribution >= 0.6 is 11.5 Å². The molecule has 1 atom stereocenters. The number of aliphatic hydroxyl groups is 1. The molecule has 5 heterocycles. The highest BCUT2D eigenvalue weighted by Crippen LogP contribution is 2.45. The second-order valence-corrected chi connectivity index (χ2v) is 11.3. The predicted octanol–water partition coefficient (Wildman–Crippen LogP) is 5.00. The van der Waals surface area contributed by atoms with E-state index < -0.39 is 5.60 Å². The minimum absolute atomic E-state index is 0.00915. The minimum Gasteiger partial charge on any atom is -0.497 e. The third-order valence-electron chi connectivity index (χ3n) is 7.55. The van der Waals surface area contributed by atoms with E-state index in [2.05, 4.69) is 33.1 Å². The molecule has 1 fully saturated rings. The average molecular weight is 533 g/mol. The highest BCUT2D eigenvalue weighted by molar-refractivity contribution is 7.14. The zero-order chi connectivity index (χ0) is 26.6. The van der Waals surface area contributed by atoms with Crippen molar-refractivity contribution < 1.29 is 14.6 Å². The van der Waals surface area contributed by atoms with Gasteiger partial charge in [0.15, 0.2) is 0 Å². The van der Waals surface area contributed by atoms with Crippen molar-refractivity contribution >= 4 is 32.8 Å². The van der Waals surface area contributed by atoms with E-state index in [1.165, 1.54) is 17.1 Å². The Morgan fingerprint density at radius 1 is 1.18 bits per heavy atom. The number of hydrogen-bond acceptors (Lipinski definition) is 8. The molecule has 0 radical (unpaired) electrons. The van der Waals surface area contributed by atoms with Gasteiger partial charge >= 0.3 is 0 Å². The summed E-state index contributed by atoms with van der Waals surface area (Å²) in [5.74, 6) is 1.15. The van der Waals surface area contributed by atoms with Crippen LogP contribution in [0.2, 0.25) is 0 Å². The summed E-state index contributed by atoms with van der Waals surface area (Å²) in [6.45, 7) is 7.00. The van der Waals surface area contributed by atoms with E-state index in [1.807, 2.05) is 32.3 Å². The van der Waals surface area contributed by atoms with Crippen LogP contribution in [0.15, 0.2) is 36.5 Å². The quantitative estimate of drug-likeness (QED) is 0.328. The molecule has 1 aliphatic rings. The molecule has 9 nitrogen and oxygen atoms in total. The predicted molar refractivity (Wildman–Crippen MR) is 148 cm³/mol. The molecule has 38 heavy (non-hydrogen) atoms. The van der Waals surface area contributed by atoms with E-state index in [0.29, 0.717) is 11.6 Å². The Balaban J connectivity index is 1.68. The van der Waals surface area contributed by atoms with E-state index >= 15 is 0 Å². The first-order valence-corrected chi connectivity index (χ1v) is 13.7. The number of pyridine rings is 1. The van der Waals surface area contributed by atoms with Gasteiger partial charge in [-0.15, -0.1) is 5.10 Å². The van der Waals surface area contributed by atoms with Crippen LogP contribution in [0.3, 0.4) is 0 Å². The highest BCUT2D eigenvalue weighted by atomic mass is 32.1. The molecule has 1 unspecified atom stereocenters. The van der Waals surface area contributed by atoms with E-state index in [1.54, 1.807) is 25.6 Å². The Bertz CT molecular complexity index is 1590. The molecule has 1 saturated heterocycles. The van der Waals surface area contributed by atoms with Crippen LogP contribution in [-0.4, -0.2) is 54.3 Å². The van der Waals surface area contributed by atoms with Gasteiger partial charge in [-0.3, -0.25) is 4.98 Å². The summed E-state index contributed by atoms with van der Waals surface area (Å²) in [5.41, 5.74) is 6.29. The monoisotopic (exact) mass is 532 g/mol. The molecule has 0 bridgehead atoms. The average Bonchev–Trinajstić information content (AvgIpc) is 3.58. The summed E-state index contributed by atoms with van der Waals surface area (Å²) >= 11 is 1.40. The van der Waals surface area contributed by atoms with Gasteiger partial charge in [-0.1, -0.05) is 17.3 Å². The maximum absolute atomic E-state index is 11.2. The summed E-state index contributed by atoms with van der Waals surface area (Å²) in [4.78, 5) is 4.97. The van der Waals surface area contributed by atoms with Gasteiger partial charge in [-0.2, -0.15) is 4.37 Å². The lowest BCUT2D eigenvalue weighted by Gasteiger charge is -2.33. The molecule has 1 aliphatic heterocycles. The van der Waals surface area contributed by atoms with Gasteiger partial charge in [-0.05, 0) is 74.8 Å². The van der Waals surface area contributed by atoms with Crippen molar-refractivity contribution in [3.05, 3.63) is 53.5 Å². The van der Waals surface area contributed by atoms with Crippen molar-refractivity contribution in [2.45, 2.75) is 45.3 Å². The van der Waals surface area contributed by atoms with E-state index in [-0.39, 0.29) is 6.04 Å². The lowest BCUT2D eigenvalue weighted by atomic mass is 9.86. The van der Waals surface area contributed by atoms with Gasteiger partial charge in [0.2, 0.25) is 0 Å². The Hall–Kier alpha value is -3.34. The summed E-state index contributed by atoms with van der Waals surface area (Å²) < 4.78 is 21.1. The number of rotatable bonds is 6. The first-order valence-electron chi connectivity index (χ1n) is 12.9. The third kappa shape index (κ3) is 4.07. The van der Waals surface area contributed by atoms with Gasteiger partial charge < -0.3 is 19.1 Å². The van der Waals surface area contributed by atoms with Crippen LogP contribution in [0, 0.1) is 12.8 Å². The van der Waals surface area contributed by atoms with Crippen molar-refractivity contribution in [2.24, 2.45) is 13.0 Å². The Morgan fingerprint density at radius 2 is 1.92 bits per heavy atom. The topological polar surface area (TPSA) is 100 Å². The molecule has 10 heteroatoms. The van der Waals surface area contributed by atoms with Gasteiger partial charge in [0.25, 0.3) is 0 Å². The molecule has 5 aromatic rings. The molecular weight excluding hydrogens is 500 g/mol. The van der Waals surface area contributed by atoms with Crippen LogP contribution in [-0.2, 0) is 17.4 Å². The molecule has 0 aliphatic carbocycles. The maximum atomic E-state index is 11.2. The smallest absolute Gasteiger partial charge is 0.118 e. The number of nitrogens with zero attached hydrogens (tertiary/aromatic N) is 6. The summed E-state index contributed by atoms with van der Waals surface area (Å²) in [5, 5.41) is 19.7. The molecular formula is C28H32N6O3S. The second kappa shape index (κ2) is 9.44. The number of ether oxygens (including phenoxy) is 2. The molecule has 4 aromatic heterocycles. The molecule has 198 valence electrons. The van der Waals surface area contributed by atoms with Gasteiger partial charge in [0, 0.05) is 32.0 Å². The molecule has 0 spiro atoms. The van der Waals surface area contributed by atoms with Crippen LogP contribution in [0.4, 0.5) is 0 Å². The molecule has 1 N–H and O–H groups in total. The second-order valence-electron chi connectivity index (χ2n) is 10.5. The summed E-state index contributed by atoms with van der Waals surface area (Å²) in [6.07, 6.45) is 3.76. The molecule has 6 rings (SSSR count). The largest absolute Gasteiger partial charge is 0.497 e. The zero-order valence-electron chi connectivity index (χ0n) is 22.3. The molecule has 0 saturated carbocycles. The summed E-state index contributed by atoms with van der Waals surface area (Å²) in [7, 11) is 3.58. The van der Waals surface area contributed by atoms with Crippen LogP contribution in [0.25, 0.3) is 32.5 Å². The SMILES string of the molecule is COc1ccc(C(C2CCOCC2)n2c3cc(-c4c(C)nnn4C)cnc3c3snc(C(C)(C)O)c32)cc1. The van der Waals surface area contributed by atoms with E-state index in [4.69, 9.17) is 18.8 Å². The normalized spacial score (nSPS) is 15.9. The van der Waals surface area contributed by atoms with Crippen molar-refractivity contribution in [1.29, 1.82) is 0 Å². The fraction of sp³-hybridized carbons (Fsp3) is 0.429. The van der Waals surface area contributed by atoms with Gasteiger partial charge in [0.1, 0.15) is 22.6 Å². The van der Waals surface area contributed by atoms with Crippen molar-refractivity contribution in [3.8, 4) is 17.0 Å². The zero-order valence-corrected chi connectivity index (χ0v) is 23.1. The number of fused-ring (bicyclic) bond motifs is 3. The first kappa shape index (κ1) is 25.0. The number of methoxy groups -OCH3 is 1. The van der Waals surface area contributed by atoms with Crippen molar-refractivity contribution in [2.75, 3.05) is 20.3 Å². The van der Waals surface area contributed by atoms with E-state index in [9.17, 15) is 5.11 Å². The maximum Gasteiger partial charge on any atom is 0.118 e. The van der Waals surface area contributed by atoms with Gasteiger partial charge in [-0.25, -0.2) is 4.68 Å². The molecule has 0 amide bonds.